The smallest absolute Gasteiger partial charge is 0.117 e. The lowest BCUT2D eigenvalue weighted by Gasteiger charge is -2.25. The van der Waals surface area contributed by atoms with Crippen molar-refractivity contribution >= 4 is 0 Å². The van der Waals surface area contributed by atoms with Gasteiger partial charge in [0.05, 0.1) is 0 Å². The van der Waals surface area contributed by atoms with Crippen LogP contribution in [-0.4, -0.2) is 18.4 Å². The zero-order valence-corrected chi connectivity index (χ0v) is 8.26. The Kier molecular flexibility index (Phi) is 4.12. The highest BCUT2D eigenvalue weighted by Gasteiger charge is 2.15. The van der Waals surface area contributed by atoms with Gasteiger partial charge in [-0.1, -0.05) is 19.3 Å². The Morgan fingerprint density at radius 2 is 1.69 bits per heavy atom. The van der Waals surface area contributed by atoms with Crippen molar-refractivity contribution in [3.8, 4) is 0 Å². The van der Waals surface area contributed by atoms with Crippen LogP contribution in [0.4, 0.5) is 0 Å². The Labute approximate surface area is 80.2 Å². The van der Waals surface area contributed by atoms with Gasteiger partial charge in [-0.15, -0.1) is 0 Å². The molecule has 0 unspecified atom stereocenters. The average molecular weight is 186 g/mol. The van der Waals surface area contributed by atoms with Crippen LogP contribution in [0.2, 0.25) is 0 Å². The van der Waals surface area contributed by atoms with Gasteiger partial charge in [0.1, 0.15) is 5.79 Å². The van der Waals surface area contributed by atoms with Crippen LogP contribution in [0.1, 0.15) is 38.5 Å². The number of hydrogen-bond acceptors (Lipinski definition) is 4. The van der Waals surface area contributed by atoms with Gasteiger partial charge in [-0.2, -0.15) is 0 Å². The van der Waals surface area contributed by atoms with Crippen molar-refractivity contribution in [1.29, 1.82) is 0 Å². The molecule has 0 amide bonds. The second-order valence-corrected chi connectivity index (χ2v) is 4.15. The highest BCUT2D eigenvalue weighted by atomic mass is 15.1. The minimum atomic E-state index is -1.01. The largest absolute Gasteiger partial charge is 0.314 e. The molecule has 7 N–H and O–H groups in total. The molecule has 0 spiro atoms. The van der Waals surface area contributed by atoms with E-state index >= 15 is 0 Å². The minimum absolute atomic E-state index is 0.628. The van der Waals surface area contributed by atoms with Gasteiger partial charge in [0.25, 0.3) is 0 Å². The molecule has 0 aliphatic heterocycles. The van der Waals surface area contributed by atoms with E-state index in [0.717, 1.165) is 6.54 Å². The van der Waals surface area contributed by atoms with Crippen LogP contribution in [0, 0.1) is 0 Å². The molecule has 4 nitrogen and oxygen atoms in total. The third-order valence-corrected chi connectivity index (χ3v) is 2.60. The summed E-state index contributed by atoms with van der Waals surface area (Å²) in [5.41, 5.74) is 16.4. The van der Waals surface area contributed by atoms with Gasteiger partial charge in [-0.3, -0.25) is 0 Å². The third-order valence-electron chi connectivity index (χ3n) is 2.60. The molecule has 0 atom stereocenters. The van der Waals surface area contributed by atoms with E-state index in [4.69, 9.17) is 17.2 Å². The third kappa shape index (κ3) is 5.21. The summed E-state index contributed by atoms with van der Waals surface area (Å²) >= 11 is 0. The van der Waals surface area contributed by atoms with Crippen LogP contribution in [0.15, 0.2) is 0 Å². The van der Waals surface area contributed by atoms with Gasteiger partial charge >= 0.3 is 0 Å². The van der Waals surface area contributed by atoms with Gasteiger partial charge in [-0.05, 0) is 19.4 Å². The standard InChI is InChI=1S/C9H22N4/c10-9(11,12)6-7-13-8-4-2-1-3-5-8/h8,13H,1-7,10-12H2. The topological polar surface area (TPSA) is 90.1 Å². The van der Waals surface area contributed by atoms with Crippen LogP contribution in [0.5, 0.6) is 0 Å². The van der Waals surface area contributed by atoms with E-state index in [1.165, 1.54) is 32.1 Å². The molecule has 78 valence electrons. The Morgan fingerprint density at radius 3 is 2.23 bits per heavy atom. The van der Waals surface area contributed by atoms with E-state index in [2.05, 4.69) is 5.32 Å². The first-order valence-electron chi connectivity index (χ1n) is 5.18. The Morgan fingerprint density at radius 1 is 1.08 bits per heavy atom. The van der Waals surface area contributed by atoms with Crippen molar-refractivity contribution < 1.29 is 0 Å². The van der Waals surface area contributed by atoms with Gasteiger partial charge in [-0.25, -0.2) is 0 Å². The maximum atomic E-state index is 5.47. The lowest BCUT2D eigenvalue weighted by atomic mass is 9.95. The lowest BCUT2D eigenvalue weighted by molar-refractivity contribution is 0.343. The minimum Gasteiger partial charge on any atom is -0.314 e. The lowest BCUT2D eigenvalue weighted by Crippen LogP contribution is -2.59. The van der Waals surface area contributed by atoms with Gasteiger partial charge in [0, 0.05) is 12.5 Å². The molecule has 4 heteroatoms. The van der Waals surface area contributed by atoms with E-state index in [0.29, 0.717) is 12.5 Å². The fourth-order valence-corrected chi connectivity index (χ4v) is 1.80. The van der Waals surface area contributed by atoms with E-state index in [1.807, 2.05) is 0 Å². The highest BCUT2D eigenvalue weighted by molar-refractivity contribution is 4.75. The zero-order valence-electron chi connectivity index (χ0n) is 8.26. The zero-order chi connectivity index (χ0) is 9.73. The summed E-state index contributed by atoms with van der Waals surface area (Å²) in [6.07, 6.45) is 7.27. The van der Waals surface area contributed by atoms with Gasteiger partial charge in [0.2, 0.25) is 0 Å². The molecule has 0 aromatic rings. The van der Waals surface area contributed by atoms with Crippen molar-refractivity contribution in [2.24, 2.45) is 17.2 Å². The van der Waals surface area contributed by atoms with E-state index in [1.54, 1.807) is 0 Å². The quantitative estimate of drug-likeness (QED) is 0.459. The van der Waals surface area contributed by atoms with Crippen molar-refractivity contribution in [3.05, 3.63) is 0 Å². The molecule has 1 saturated carbocycles. The Hall–Kier alpha value is -0.160. The van der Waals surface area contributed by atoms with Crippen molar-refractivity contribution in [3.63, 3.8) is 0 Å². The van der Waals surface area contributed by atoms with Crippen LogP contribution in [-0.2, 0) is 0 Å². The maximum absolute atomic E-state index is 5.47. The highest BCUT2D eigenvalue weighted by Crippen LogP contribution is 2.17. The van der Waals surface area contributed by atoms with Crippen LogP contribution in [0.25, 0.3) is 0 Å². The fourth-order valence-electron chi connectivity index (χ4n) is 1.80. The summed E-state index contributed by atoms with van der Waals surface area (Å²) in [5.74, 6) is -1.01. The first kappa shape index (κ1) is 10.9. The summed E-state index contributed by atoms with van der Waals surface area (Å²) in [4.78, 5) is 0. The molecule has 1 fully saturated rings. The number of nitrogens with one attached hydrogen (secondary N) is 1. The molecule has 0 aromatic heterocycles. The Bertz CT molecular complexity index is 135. The van der Waals surface area contributed by atoms with Crippen molar-refractivity contribution in [1.82, 2.24) is 5.32 Å². The first-order valence-corrected chi connectivity index (χ1v) is 5.18. The fraction of sp³-hybridized carbons (Fsp3) is 1.00. The molecule has 0 radical (unpaired) electrons. The molecule has 1 aliphatic carbocycles. The van der Waals surface area contributed by atoms with Crippen LogP contribution in [0.3, 0.4) is 0 Å². The first-order chi connectivity index (χ1) is 6.08. The van der Waals surface area contributed by atoms with E-state index in [9.17, 15) is 0 Å². The monoisotopic (exact) mass is 186 g/mol. The predicted octanol–water partition coefficient (Wildman–Crippen LogP) is -0.171. The molecule has 0 heterocycles. The molecule has 0 bridgehead atoms. The average Bonchev–Trinajstić information content (AvgIpc) is 2.04. The number of rotatable bonds is 4. The van der Waals surface area contributed by atoms with E-state index < -0.39 is 5.79 Å². The normalized spacial score (nSPS) is 20.5. The molecule has 1 rings (SSSR count). The summed E-state index contributed by atoms with van der Waals surface area (Å²) in [7, 11) is 0. The van der Waals surface area contributed by atoms with E-state index in [-0.39, 0.29) is 0 Å². The predicted molar refractivity (Wildman–Crippen MR) is 54.8 cm³/mol. The maximum Gasteiger partial charge on any atom is 0.117 e. The molecular formula is C9H22N4. The second kappa shape index (κ2) is 4.91. The van der Waals surface area contributed by atoms with Crippen molar-refractivity contribution in [2.75, 3.05) is 6.54 Å². The van der Waals surface area contributed by atoms with Crippen LogP contribution >= 0.6 is 0 Å². The molecule has 0 aromatic carbocycles. The summed E-state index contributed by atoms with van der Waals surface area (Å²) in [5, 5.41) is 3.44. The second-order valence-electron chi connectivity index (χ2n) is 4.15. The van der Waals surface area contributed by atoms with Gasteiger partial charge in [0.15, 0.2) is 0 Å². The number of hydrogen-bond donors (Lipinski definition) is 4. The Balaban J connectivity index is 2.04. The summed E-state index contributed by atoms with van der Waals surface area (Å²) in [6.45, 7) is 0.828. The van der Waals surface area contributed by atoms with Crippen molar-refractivity contribution in [2.45, 2.75) is 50.4 Å². The molecule has 13 heavy (non-hydrogen) atoms. The molecular weight excluding hydrogens is 164 g/mol. The molecule has 0 saturated heterocycles. The number of nitrogens with two attached hydrogens (primary N) is 3. The molecule has 1 aliphatic rings. The SMILES string of the molecule is NC(N)(N)CCNC1CCCCC1. The summed E-state index contributed by atoms with van der Waals surface area (Å²) in [6, 6.07) is 0.663. The van der Waals surface area contributed by atoms with Crippen LogP contribution < -0.4 is 22.5 Å². The van der Waals surface area contributed by atoms with Gasteiger partial charge < -0.3 is 22.5 Å². The summed E-state index contributed by atoms with van der Waals surface area (Å²) < 4.78 is 0.